The van der Waals surface area contributed by atoms with Gasteiger partial charge >= 0.3 is 0 Å². The van der Waals surface area contributed by atoms with Gasteiger partial charge in [-0.3, -0.25) is 4.79 Å². The highest BCUT2D eigenvalue weighted by Crippen LogP contribution is 2.17. The van der Waals surface area contributed by atoms with Crippen LogP contribution in [-0.2, 0) is 9.53 Å². The Morgan fingerprint density at radius 2 is 2.05 bits per heavy atom. The first-order valence-electron chi connectivity index (χ1n) is 7.41. The smallest absolute Gasteiger partial charge is 0.253 e. The fourth-order valence-electron chi connectivity index (χ4n) is 2.87. The second-order valence-electron chi connectivity index (χ2n) is 5.38. The second kappa shape index (κ2) is 6.22. The van der Waals surface area contributed by atoms with E-state index in [1.165, 1.54) is 6.42 Å². The maximum atomic E-state index is 12.5. The van der Waals surface area contributed by atoms with Crippen LogP contribution in [0.1, 0.15) is 19.3 Å². The largest absolute Gasteiger partial charge is 0.365 e. The topological polar surface area (TPSA) is 45.7 Å². The van der Waals surface area contributed by atoms with Crippen LogP contribution in [-0.4, -0.2) is 54.7 Å². The number of amides is 1. The molecule has 0 spiro atoms. The van der Waals surface area contributed by atoms with Gasteiger partial charge in [0, 0.05) is 25.8 Å². The van der Waals surface area contributed by atoms with Crippen LogP contribution in [0.5, 0.6) is 0 Å². The molecule has 0 aliphatic carbocycles. The number of anilines is 1. The van der Waals surface area contributed by atoms with Gasteiger partial charge in [-0.2, -0.15) is 0 Å². The summed E-state index contributed by atoms with van der Waals surface area (Å²) in [6, 6.07) is 5.85. The van der Waals surface area contributed by atoms with Gasteiger partial charge in [0.25, 0.3) is 5.91 Å². The lowest BCUT2D eigenvalue weighted by Crippen LogP contribution is -2.52. The second-order valence-corrected chi connectivity index (χ2v) is 5.38. The number of morpholine rings is 1. The first-order valence-corrected chi connectivity index (χ1v) is 7.41. The van der Waals surface area contributed by atoms with E-state index in [1.807, 2.05) is 23.1 Å². The number of carbonyl (C=O) groups excluding carboxylic acids is 1. The zero-order valence-corrected chi connectivity index (χ0v) is 11.7. The maximum absolute atomic E-state index is 12.5. The predicted octanol–water partition coefficient (Wildman–Crippen LogP) is 1.30. The summed E-state index contributed by atoms with van der Waals surface area (Å²) in [4.78, 5) is 20.9. The molecule has 3 heterocycles. The third kappa shape index (κ3) is 2.93. The molecule has 0 aromatic carbocycles. The minimum absolute atomic E-state index is 0.144. The SMILES string of the molecule is O=C(C1CN(c2ccccn2)CCO1)N1CCCCC1. The van der Waals surface area contributed by atoms with Gasteiger partial charge in [-0.1, -0.05) is 6.07 Å². The molecule has 3 rings (SSSR count). The molecule has 0 saturated carbocycles. The van der Waals surface area contributed by atoms with Crippen LogP contribution < -0.4 is 4.90 Å². The summed E-state index contributed by atoms with van der Waals surface area (Å²) in [6.45, 7) is 3.73. The molecule has 0 bridgehead atoms. The quantitative estimate of drug-likeness (QED) is 0.816. The monoisotopic (exact) mass is 275 g/mol. The van der Waals surface area contributed by atoms with Crippen molar-refractivity contribution < 1.29 is 9.53 Å². The Labute approximate surface area is 119 Å². The molecule has 2 fully saturated rings. The van der Waals surface area contributed by atoms with E-state index in [9.17, 15) is 4.79 Å². The van der Waals surface area contributed by atoms with Gasteiger partial charge in [0.2, 0.25) is 0 Å². The molecule has 1 aromatic rings. The molecule has 2 saturated heterocycles. The number of pyridine rings is 1. The van der Waals surface area contributed by atoms with Crippen molar-refractivity contribution in [3.05, 3.63) is 24.4 Å². The molecule has 2 aliphatic heterocycles. The van der Waals surface area contributed by atoms with Gasteiger partial charge < -0.3 is 14.5 Å². The average molecular weight is 275 g/mol. The highest BCUT2D eigenvalue weighted by atomic mass is 16.5. The standard InChI is InChI=1S/C15H21N3O2/c19-15(17-8-4-1-5-9-17)13-12-18(10-11-20-13)14-6-2-3-7-16-14/h2-3,6-7,13H,1,4-5,8-12H2. The number of hydrogen-bond donors (Lipinski definition) is 0. The Balaban J connectivity index is 1.64. The highest BCUT2D eigenvalue weighted by Gasteiger charge is 2.31. The van der Waals surface area contributed by atoms with Crippen LogP contribution in [0.2, 0.25) is 0 Å². The van der Waals surface area contributed by atoms with E-state index >= 15 is 0 Å². The molecule has 1 atom stereocenters. The number of aromatic nitrogens is 1. The lowest BCUT2D eigenvalue weighted by molar-refractivity contribution is -0.145. The Morgan fingerprint density at radius 3 is 2.80 bits per heavy atom. The minimum atomic E-state index is -0.344. The van der Waals surface area contributed by atoms with E-state index in [4.69, 9.17) is 4.74 Å². The number of nitrogens with zero attached hydrogens (tertiary/aromatic N) is 3. The van der Waals surface area contributed by atoms with Crippen molar-refractivity contribution in [2.45, 2.75) is 25.4 Å². The van der Waals surface area contributed by atoms with E-state index in [0.717, 1.165) is 38.3 Å². The zero-order chi connectivity index (χ0) is 13.8. The lowest BCUT2D eigenvalue weighted by atomic mass is 10.1. The van der Waals surface area contributed by atoms with Gasteiger partial charge in [0.15, 0.2) is 6.10 Å². The van der Waals surface area contributed by atoms with E-state index in [0.29, 0.717) is 13.2 Å². The van der Waals surface area contributed by atoms with Crippen molar-refractivity contribution >= 4 is 11.7 Å². The molecule has 1 aromatic heterocycles. The lowest BCUT2D eigenvalue weighted by Gasteiger charge is -2.36. The van der Waals surface area contributed by atoms with Crippen molar-refractivity contribution in [1.82, 2.24) is 9.88 Å². The molecule has 2 aliphatic rings. The van der Waals surface area contributed by atoms with Crippen LogP contribution in [0.4, 0.5) is 5.82 Å². The molecule has 0 N–H and O–H groups in total. The Morgan fingerprint density at radius 1 is 1.20 bits per heavy atom. The highest BCUT2D eigenvalue weighted by molar-refractivity contribution is 5.82. The molecular weight excluding hydrogens is 254 g/mol. The molecule has 0 radical (unpaired) electrons. The number of carbonyl (C=O) groups is 1. The van der Waals surface area contributed by atoms with Gasteiger partial charge in [-0.15, -0.1) is 0 Å². The summed E-state index contributed by atoms with van der Waals surface area (Å²) >= 11 is 0. The van der Waals surface area contributed by atoms with Crippen molar-refractivity contribution in [1.29, 1.82) is 0 Å². The molecule has 20 heavy (non-hydrogen) atoms. The number of hydrogen-bond acceptors (Lipinski definition) is 4. The summed E-state index contributed by atoms with van der Waals surface area (Å²) in [5, 5.41) is 0. The summed E-state index contributed by atoms with van der Waals surface area (Å²) in [7, 11) is 0. The van der Waals surface area contributed by atoms with Gasteiger partial charge in [-0.25, -0.2) is 4.98 Å². The molecular formula is C15H21N3O2. The fraction of sp³-hybridized carbons (Fsp3) is 0.600. The molecule has 1 amide bonds. The number of rotatable bonds is 2. The van der Waals surface area contributed by atoms with E-state index in [2.05, 4.69) is 9.88 Å². The van der Waals surface area contributed by atoms with E-state index < -0.39 is 0 Å². The number of likely N-dealkylation sites (tertiary alicyclic amines) is 1. The Bertz CT molecular complexity index is 446. The fourth-order valence-corrected chi connectivity index (χ4v) is 2.87. The Kier molecular flexibility index (Phi) is 4.16. The summed E-state index contributed by atoms with van der Waals surface area (Å²) in [5.41, 5.74) is 0. The normalized spacial score (nSPS) is 23.7. The summed E-state index contributed by atoms with van der Waals surface area (Å²) < 4.78 is 5.68. The molecule has 5 nitrogen and oxygen atoms in total. The third-order valence-electron chi connectivity index (χ3n) is 3.98. The van der Waals surface area contributed by atoms with Gasteiger partial charge in [-0.05, 0) is 31.4 Å². The zero-order valence-electron chi connectivity index (χ0n) is 11.7. The van der Waals surface area contributed by atoms with Crippen LogP contribution in [0.25, 0.3) is 0 Å². The predicted molar refractivity (Wildman–Crippen MR) is 76.6 cm³/mol. The molecule has 108 valence electrons. The summed E-state index contributed by atoms with van der Waals surface area (Å²) in [6.07, 6.45) is 4.90. The average Bonchev–Trinajstić information content (AvgIpc) is 2.56. The number of ether oxygens (including phenoxy) is 1. The Hall–Kier alpha value is -1.62. The first-order chi connectivity index (χ1) is 9.84. The maximum Gasteiger partial charge on any atom is 0.253 e. The van der Waals surface area contributed by atoms with E-state index in [-0.39, 0.29) is 12.0 Å². The third-order valence-corrected chi connectivity index (χ3v) is 3.98. The van der Waals surface area contributed by atoms with Gasteiger partial charge in [0.1, 0.15) is 5.82 Å². The molecule has 5 heteroatoms. The van der Waals surface area contributed by atoms with Crippen molar-refractivity contribution in [3.8, 4) is 0 Å². The van der Waals surface area contributed by atoms with Crippen molar-refractivity contribution in [2.24, 2.45) is 0 Å². The molecule has 1 unspecified atom stereocenters. The van der Waals surface area contributed by atoms with Crippen molar-refractivity contribution in [3.63, 3.8) is 0 Å². The van der Waals surface area contributed by atoms with Crippen LogP contribution >= 0.6 is 0 Å². The first kappa shape index (κ1) is 13.4. The van der Waals surface area contributed by atoms with Crippen LogP contribution in [0.3, 0.4) is 0 Å². The van der Waals surface area contributed by atoms with Gasteiger partial charge in [0.05, 0.1) is 13.2 Å². The minimum Gasteiger partial charge on any atom is -0.365 e. The van der Waals surface area contributed by atoms with Crippen LogP contribution in [0.15, 0.2) is 24.4 Å². The van der Waals surface area contributed by atoms with Crippen LogP contribution in [0, 0.1) is 0 Å². The van der Waals surface area contributed by atoms with Crippen molar-refractivity contribution in [2.75, 3.05) is 37.7 Å². The summed E-state index contributed by atoms with van der Waals surface area (Å²) in [5.74, 6) is 1.07. The number of piperidine rings is 1. The van der Waals surface area contributed by atoms with E-state index in [1.54, 1.807) is 6.20 Å².